The molecule has 1 aromatic heterocycles. The summed E-state index contributed by atoms with van der Waals surface area (Å²) in [6, 6.07) is 10.6. The maximum atomic E-state index is 11.5. The summed E-state index contributed by atoms with van der Waals surface area (Å²) in [5.74, 6) is 4.36. The van der Waals surface area contributed by atoms with Gasteiger partial charge in [-0.3, -0.25) is 0 Å². The highest BCUT2D eigenvalue weighted by molar-refractivity contribution is 6.29. The topological polar surface area (TPSA) is 88.5 Å². The smallest absolute Gasteiger partial charge is 0.407 e. The van der Waals surface area contributed by atoms with E-state index in [0.717, 1.165) is 5.56 Å². The molecule has 0 radical (unpaired) electrons. The number of carbonyl (C=O) groups is 2. The number of amides is 1. The van der Waals surface area contributed by atoms with Gasteiger partial charge in [-0.15, -0.1) is 0 Å². The van der Waals surface area contributed by atoms with Crippen molar-refractivity contribution < 1.29 is 19.4 Å². The Morgan fingerprint density at radius 2 is 2.04 bits per heavy atom. The number of benzene rings is 1. The molecule has 1 amide bonds. The number of ether oxygens (including phenoxy) is 1. The first-order chi connectivity index (χ1) is 12.1. The second kappa shape index (κ2) is 9.30. The van der Waals surface area contributed by atoms with Gasteiger partial charge in [0.05, 0.1) is 11.1 Å². The van der Waals surface area contributed by atoms with Gasteiger partial charge in [-0.2, -0.15) is 0 Å². The zero-order valence-electron chi connectivity index (χ0n) is 13.2. The summed E-state index contributed by atoms with van der Waals surface area (Å²) >= 11 is 5.67. The second-order valence-electron chi connectivity index (χ2n) is 4.90. The number of aromatic carboxylic acids is 1. The van der Waals surface area contributed by atoms with E-state index in [0.29, 0.717) is 6.42 Å². The number of aromatic nitrogens is 1. The van der Waals surface area contributed by atoms with Crippen molar-refractivity contribution in [2.75, 3.05) is 6.54 Å². The van der Waals surface area contributed by atoms with Gasteiger partial charge in [0.2, 0.25) is 0 Å². The van der Waals surface area contributed by atoms with Gasteiger partial charge in [0, 0.05) is 19.2 Å². The van der Waals surface area contributed by atoms with Crippen LogP contribution in [0.2, 0.25) is 5.15 Å². The lowest BCUT2D eigenvalue weighted by Crippen LogP contribution is -2.24. The summed E-state index contributed by atoms with van der Waals surface area (Å²) in [5.41, 5.74) is 1.15. The minimum absolute atomic E-state index is 0.0114. The highest BCUT2D eigenvalue weighted by atomic mass is 35.5. The van der Waals surface area contributed by atoms with Crippen LogP contribution in [0.3, 0.4) is 0 Å². The van der Waals surface area contributed by atoms with Crippen LogP contribution in [0.15, 0.2) is 42.6 Å². The lowest BCUT2D eigenvalue weighted by Gasteiger charge is -2.05. The van der Waals surface area contributed by atoms with E-state index in [1.807, 2.05) is 30.3 Å². The Morgan fingerprint density at radius 1 is 1.28 bits per heavy atom. The second-order valence-corrected chi connectivity index (χ2v) is 5.29. The molecule has 0 saturated heterocycles. The largest absolute Gasteiger partial charge is 0.478 e. The van der Waals surface area contributed by atoms with Gasteiger partial charge < -0.3 is 15.2 Å². The van der Waals surface area contributed by atoms with Crippen molar-refractivity contribution >= 4 is 23.7 Å². The molecule has 1 aromatic carbocycles. The quantitative estimate of drug-likeness (QED) is 0.487. The number of pyridine rings is 1. The fourth-order valence-corrected chi connectivity index (χ4v) is 2.02. The maximum absolute atomic E-state index is 11.5. The predicted molar refractivity (Wildman–Crippen MR) is 92.3 cm³/mol. The summed E-state index contributed by atoms with van der Waals surface area (Å²) < 4.78 is 5.06. The summed E-state index contributed by atoms with van der Waals surface area (Å²) in [5, 5.41) is 11.7. The number of hydrogen-bond donors (Lipinski definition) is 2. The zero-order valence-corrected chi connectivity index (χ0v) is 13.9. The lowest BCUT2D eigenvalue weighted by molar-refractivity contribution is 0.0696. The summed E-state index contributed by atoms with van der Waals surface area (Å²) in [4.78, 5) is 26.5. The normalized spacial score (nSPS) is 9.64. The standard InChI is InChI=1S/C18H15ClN2O4/c19-16-10-15(17(22)23)14(11-21-16)8-4-5-9-20-18(24)25-12-13-6-2-1-3-7-13/h1-3,6-7,10-11H,5,9,12H2,(H,20,24)(H,22,23). The van der Waals surface area contributed by atoms with E-state index >= 15 is 0 Å². The average molecular weight is 359 g/mol. The Bertz CT molecular complexity index is 813. The third kappa shape index (κ3) is 6.16. The number of carbonyl (C=O) groups excluding carboxylic acids is 1. The molecule has 6 nitrogen and oxygen atoms in total. The SMILES string of the molecule is O=C(NCCC#Cc1cnc(Cl)cc1C(=O)O)OCc1ccccc1. The maximum Gasteiger partial charge on any atom is 0.407 e. The van der Waals surface area contributed by atoms with Crippen molar-refractivity contribution in [3.63, 3.8) is 0 Å². The molecular formula is C18H15ClN2O4. The Balaban J connectivity index is 1.77. The van der Waals surface area contributed by atoms with Crippen LogP contribution in [0.5, 0.6) is 0 Å². The number of halogens is 1. The number of alkyl carbamates (subject to hydrolysis) is 1. The molecular weight excluding hydrogens is 344 g/mol. The minimum Gasteiger partial charge on any atom is -0.478 e. The number of nitrogens with one attached hydrogen (secondary N) is 1. The molecule has 0 spiro atoms. The Hall–Kier alpha value is -3.04. The van der Waals surface area contributed by atoms with Gasteiger partial charge in [0.25, 0.3) is 0 Å². The van der Waals surface area contributed by atoms with Gasteiger partial charge >= 0.3 is 12.1 Å². The molecule has 2 N–H and O–H groups in total. The number of carboxylic acid groups (broad SMARTS) is 1. The molecule has 0 saturated carbocycles. The van der Waals surface area contributed by atoms with Crippen molar-refractivity contribution in [3.05, 3.63) is 64.4 Å². The van der Waals surface area contributed by atoms with Crippen LogP contribution in [-0.4, -0.2) is 28.7 Å². The van der Waals surface area contributed by atoms with Crippen molar-refractivity contribution in [3.8, 4) is 11.8 Å². The number of hydrogen-bond acceptors (Lipinski definition) is 4. The van der Waals surface area contributed by atoms with Gasteiger partial charge in [-0.25, -0.2) is 14.6 Å². The Labute approximate surface area is 149 Å². The number of rotatable bonds is 5. The van der Waals surface area contributed by atoms with Crippen molar-refractivity contribution in [2.45, 2.75) is 13.0 Å². The van der Waals surface area contributed by atoms with E-state index in [1.165, 1.54) is 12.3 Å². The molecule has 1 heterocycles. The van der Waals surface area contributed by atoms with Gasteiger partial charge in [0.1, 0.15) is 11.8 Å². The zero-order chi connectivity index (χ0) is 18.1. The molecule has 0 aliphatic carbocycles. The van der Waals surface area contributed by atoms with E-state index in [9.17, 15) is 9.59 Å². The Kier molecular flexibility index (Phi) is 6.81. The first-order valence-electron chi connectivity index (χ1n) is 7.38. The van der Waals surface area contributed by atoms with Crippen LogP contribution < -0.4 is 5.32 Å². The molecule has 0 aliphatic rings. The van der Waals surface area contributed by atoms with E-state index in [4.69, 9.17) is 21.4 Å². The molecule has 25 heavy (non-hydrogen) atoms. The molecule has 0 aliphatic heterocycles. The fourth-order valence-electron chi connectivity index (χ4n) is 1.87. The van der Waals surface area contributed by atoms with Crippen LogP contribution in [0.1, 0.15) is 27.9 Å². The Morgan fingerprint density at radius 3 is 2.76 bits per heavy atom. The van der Waals surface area contributed by atoms with Gasteiger partial charge in [-0.05, 0) is 11.6 Å². The average Bonchev–Trinajstić information content (AvgIpc) is 2.61. The molecule has 2 aromatic rings. The number of nitrogens with zero attached hydrogens (tertiary/aromatic N) is 1. The highest BCUT2D eigenvalue weighted by Gasteiger charge is 2.09. The van der Waals surface area contributed by atoms with E-state index in [1.54, 1.807) is 0 Å². The minimum atomic E-state index is -1.13. The van der Waals surface area contributed by atoms with Crippen LogP contribution in [0.4, 0.5) is 4.79 Å². The summed E-state index contributed by atoms with van der Waals surface area (Å²) in [6.45, 7) is 0.473. The van der Waals surface area contributed by atoms with E-state index in [-0.39, 0.29) is 29.4 Å². The lowest BCUT2D eigenvalue weighted by atomic mass is 10.1. The van der Waals surface area contributed by atoms with Crippen molar-refractivity contribution in [2.24, 2.45) is 0 Å². The first kappa shape index (κ1) is 18.3. The molecule has 128 valence electrons. The van der Waals surface area contributed by atoms with E-state index < -0.39 is 12.1 Å². The molecule has 2 rings (SSSR count). The number of carboxylic acids is 1. The van der Waals surface area contributed by atoms with Crippen LogP contribution in [0.25, 0.3) is 0 Å². The fraction of sp³-hybridized carbons (Fsp3) is 0.167. The molecule has 0 fully saturated rings. The summed E-state index contributed by atoms with van der Waals surface area (Å²) in [6.07, 6.45) is 1.10. The van der Waals surface area contributed by atoms with Crippen molar-refractivity contribution in [1.29, 1.82) is 0 Å². The highest BCUT2D eigenvalue weighted by Crippen LogP contribution is 2.12. The first-order valence-corrected chi connectivity index (χ1v) is 7.76. The molecule has 7 heteroatoms. The van der Waals surface area contributed by atoms with Gasteiger partial charge in [-0.1, -0.05) is 53.8 Å². The third-order valence-corrected chi connectivity index (χ3v) is 3.26. The van der Waals surface area contributed by atoms with E-state index in [2.05, 4.69) is 22.1 Å². The van der Waals surface area contributed by atoms with Gasteiger partial charge in [0.15, 0.2) is 0 Å². The summed E-state index contributed by atoms with van der Waals surface area (Å²) in [7, 11) is 0. The molecule has 0 bridgehead atoms. The van der Waals surface area contributed by atoms with Crippen LogP contribution >= 0.6 is 11.6 Å². The predicted octanol–water partition coefficient (Wildman–Crippen LogP) is 3.10. The third-order valence-electron chi connectivity index (χ3n) is 3.06. The molecule has 0 unspecified atom stereocenters. The van der Waals surface area contributed by atoms with Crippen molar-refractivity contribution in [1.82, 2.24) is 10.3 Å². The van der Waals surface area contributed by atoms with Crippen LogP contribution in [0, 0.1) is 11.8 Å². The molecule has 0 atom stereocenters. The van der Waals surface area contributed by atoms with Crippen LogP contribution in [-0.2, 0) is 11.3 Å². The monoisotopic (exact) mass is 358 g/mol.